The molecule has 31 heavy (non-hydrogen) atoms. The average Bonchev–Trinajstić information content (AvgIpc) is 3.46. The Balaban J connectivity index is 1.76. The van der Waals surface area contributed by atoms with Gasteiger partial charge in [0.25, 0.3) is 5.89 Å². The van der Waals surface area contributed by atoms with Gasteiger partial charge in [0, 0.05) is 12.2 Å². The Morgan fingerprint density at radius 3 is 2.71 bits per heavy atom. The predicted molar refractivity (Wildman–Crippen MR) is 128 cm³/mol. The van der Waals surface area contributed by atoms with Crippen molar-refractivity contribution in [3.05, 3.63) is 58.9 Å². The minimum absolute atomic E-state index is 0.183. The van der Waals surface area contributed by atoms with Crippen LogP contribution in [0.1, 0.15) is 51.1 Å². The van der Waals surface area contributed by atoms with Gasteiger partial charge in [-0.05, 0) is 61.6 Å². The van der Waals surface area contributed by atoms with Crippen molar-refractivity contribution >= 4 is 34.2 Å². The van der Waals surface area contributed by atoms with Gasteiger partial charge in [-0.3, -0.25) is 0 Å². The van der Waals surface area contributed by atoms with Crippen molar-refractivity contribution < 1.29 is 9.26 Å². The molecule has 2 aromatic heterocycles. The summed E-state index contributed by atoms with van der Waals surface area (Å²) < 4.78 is 11.4. The fraction of sp³-hybridized carbons (Fsp3) is 0.348. The number of hydrogen-bond acceptors (Lipinski definition) is 6. The number of aromatic nitrogens is 2. The van der Waals surface area contributed by atoms with Crippen LogP contribution in [0.3, 0.4) is 0 Å². The van der Waals surface area contributed by atoms with Crippen LogP contribution in [0.15, 0.2) is 52.0 Å². The third kappa shape index (κ3) is 4.50. The molecular weight excluding hydrogens is 428 g/mol. The molecule has 1 aliphatic rings. The van der Waals surface area contributed by atoms with E-state index in [9.17, 15) is 0 Å². The summed E-state index contributed by atoms with van der Waals surface area (Å²) in [5, 5.41) is 10.5. The molecule has 162 valence electrons. The zero-order valence-corrected chi connectivity index (χ0v) is 19.6. The van der Waals surface area contributed by atoms with Crippen molar-refractivity contribution in [1.29, 1.82) is 0 Å². The van der Waals surface area contributed by atoms with Gasteiger partial charge < -0.3 is 19.5 Å². The van der Waals surface area contributed by atoms with Crippen molar-refractivity contribution in [2.45, 2.75) is 39.7 Å². The maximum Gasteiger partial charge on any atom is 0.258 e. The van der Waals surface area contributed by atoms with Gasteiger partial charge in [0.2, 0.25) is 5.82 Å². The molecule has 1 atom stereocenters. The SMILES string of the molecule is CCCCN1C(=S)NC(c2ccc(OCC)cc2)C(c2nc(-c3cccs3)no2)=C1C. The highest BCUT2D eigenvalue weighted by Crippen LogP contribution is 2.38. The van der Waals surface area contributed by atoms with Crippen molar-refractivity contribution in [2.75, 3.05) is 13.2 Å². The standard InChI is InChI=1S/C23H26N4O2S2/c1-4-6-13-27-15(3)19(22-25-21(26-29-22)18-8-7-14-31-18)20(24-23(27)30)16-9-11-17(12-10-16)28-5-2/h7-12,14,20H,4-6,13H2,1-3H3,(H,24,30). The second-order valence-corrected chi connectivity index (χ2v) is 8.62. The third-order valence-electron chi connectivity index (χ3n) is 5.25. The van der Waals surface area contributed by atoms with Gasteiger partial charge in [-0.2, -0.15) is 4.98 Å². The summed E-state index contributed by atoms with van der Waals surface area (Å²) in [6, 6.07) is 11.9. The number of hydrogen-bond donors (Lipinski definition) is 1. The molecule has 6 nitrogen and oxygen atoms in total. The minimum atomic E-state index is -0.183. The highest BCUT2D eigenvalue weighted by atomic mass is 32.1. The summed E-state index contributed by atoms with van der Waals surface area (Å²) in [7, 11) is 0. The summed E-state index contributed by atoms with van der Waals surface area (Å²) in [5.74, 6) is 1.95. The van der Waals surface area contributed by atoms with Gasteiger partial charge in [-0.1, -0.05) is 36.7 Å². The van der Waals surface area contributed by atoms with E-state index >= 15 is 0 Å². The van der Waals surface area contributed by atoms with E-state index in [1.807, 2.05) is 36.6 Å². The Bertz CT molecular complexity index is 1060. The minimum Gasteiger partial charge on any atom is -0.494 e. The van der Waals surface area contributed by atoms with E-state index in [1.54, 1.807) is 11.3 Å². The molecule has 0 amide bonds. The smallest absolute Gasteiger partial charge is 0.258 e. The summed E-state index contributed by atoms with van der Waals surface area (Å²) >= 11 is 7.32. The molecule has 0 fully saturated rings. The quantitative estimate of drug-likeness (QED) is 0.441. The highest BCUT2D eigenvalue weighted by Gasteiger charge is 2.33. The molecule has 0 aliphatic carbocycles. The largest absolute Gasteiger partial charge is 0.494 e. The number of rotatable bonds is 8. The Labute approximate surface area is 191 Å². The van der Waals surface area contributed by atoms with Crippen LogP contribution in [0.4, 0.5) is 0 Å². The Morgan fingerprint density at radius 2 is 2.03 bits per heavy atom. The van der Waals surface area contributed by atoms with Crippen LogP contribution in [-0.4, -0.2) is 33.3 Å². The molecule has 1 aliphatic heterocycles. The van der Waals surface area contributed by atoms with Crippen LogP contribution >= 0.6 is 23.6 Å². The molecule has 3 aromatic rings. The first-order chi connectivity index (χ1) is 15.1. The molecule has 0 saturated carbocycles. The summed E-state index contributed by atoms with van der Waals surface area (Å²) in [6.45, 7) is 7.71. The Kier molecular flexibility index (Phi) is 6.67. The Hall–Kier alpha value is -2.71. The van der Waals surface area contributed by atoms with Gasteiger partial charge in [-0.25, -0.2) is 0 Å². The highest BCUT2D eigenvalue weighted by molar-refractivity contribution is 7.80. The van der Waals surface area contributed by atoms with Gasteiger partial charge in [0.1, 0.15) is 5.75 Å². The molecule has 1 unspecified atom stereocenters. The maximum absolute atomic E-state index is 5.75. The van der Waals surface area contributed by atoms with Crippen molar-refractivity contribution in [2.24, 2.45) is 0 Å². The van der Waals surface area contributed by atoms with E-state index < -0.39 is 0 Å². The lowest BCUT2D eigenvalue weighted by molar-refractivity contribution is 0.340. The second kappa shape index (κ2) is 9.62. The normalized spacial score (nSPS) is 16.5. The summed E-state index contributed by atoms with van der Waals surface area (Å²) in [5.41, 5.74) is 3.05. The molecule has 3 heterocycles. The van der Waals surface area contributed by atoms with E-state index in [0.717, 1.165) is 46.8 Å². The molecule has 1 N–H and O–H groups in total. The number of thiophene rings is 1. The second-order valence-electron chi connectivity index (χ2n) is 7.29. The zero-order valence-electron chi connectivity index (χ0n) is 17.9. The van der Waals surface area contributed by atoms with E-state index in [-0.39, 0.29) is 6.04 Å². The van der Waals surface area contributed by atoms with Crippen molar-refractivity contribution in [3.8, 4) is 16.5 Å². The molecule has 0 bridgehead atoms. The zero-order chi connectivity index (χ0) is 21.8. The molecule has 1 aromatic carbocycles. The van der Waals surface area contributed by atoms with Crippen LogP contribution in [0, 0.1) is 0 Å². The van der Waals surface area contributed by atoms with E-state index in [2.05, 4.69) is 41.4 Å². The number of thiocarbonyl (C=S) groups is 1. The number of unbranched alkanes of at least 4 members (excludes halogenated alkanes) is 1. The van der Waals surface area contributed by atoms with Gasteiger partial charge in [0.05, 0.1) is 23.1 Å². The first-order valence-electron chi connectivity index (χ1n) is 10.5. The summed E-state index contributed by atoms with van der Waals surface area (Å²) in [6.07, 6.45) is 2.14. The monoisotopic (exact) mass is 454 g/mol. The molecule has 0 spiro atoms. The number of ether oxygens (including phenoxy) is 1. The lowest BCUT2D eigenvalue weighted by Crippen LogP contribution is -2.46. The number of nitrogens with one attached hydrogen (secondary N) is 1. The molecule has 8 heteroatoms. The van der Waals surface area contributed by atoms with Crippen LogP contribution < -0.4 is 10.1 Å². The van der Waals surface area contributed by atoms with Crippen molar-refractivity contribution in [1.82, 2.24) is 20.4 Å². The first-order valence-corrected chi connectivity index (χ1v) is 11.8. The number of allylic oxidation sites excluding steroid dienone is 1. The molecule has 4 rings (SSSR count). The Morgan fingerprint density at radius 1 is 1.23 bits per heavy atom. The third-order valence-corrected chi connectivity index (χ3v) is 6.46. The fourth-order valence-electron chi connectivity index (χ4n) is 3.66. The number of benzene rings is 1. The van der Waals surface area contributed by atoms with Gasteiger partial charge in [0.15, 0.2) is 5.11 Å². The molecule has 0 saturated heterocycles. The van der Waals surface area contributed by atoms with Crippen molar-refractivity contribution in [3.63, 3.8) is 0 Å². The lowest BCUT2D eigenvalue weighted by atomic mass is 9.94. The van der Waals surface area contributed by atoms with Crippen LogP contribution in [0.25, 0.3) is 16.3 Å². The van der Waals surface area contributed by atoms with Crippen LogP contribution in [-0.2, 0) is 0 Å². The fourth-order valence-corrected chi connectivity index (χ4v) is 4.65. The van der Waals surface area contributed by atoms with E-state index in [4.69, 9.17) is 26.5 Å². The van der Waals surface area contributed by atoms with Gasteiger partial charge >= 0.3 is 0 Å². The molecular formula is C23H26N4O2S2. The van der Waals surface area contributed by atoms with Gasteiger partial charge in [-0.15, -0.1) is 11.3 Å². The van der Waals surface area contributed by atoms with Crippen LogP contribution in [0.5, 0.6) is 5.75 Å². The van der Waals surface area contributed by atoms with E-state index in [1.165, 1.54) is 0 Å². The lowest BCUT2D eigenvalue weighted by Gasteiger charge is -2.37. The first kappa shape index (κ1) is 21.5. The topological polar surface area (TPSA) is 63.4 Å². The van der Waals surface area contributed by atoms with Crippen LogP contribution in [0.2, 0.25) is 0 Å². The number of nitrogens with zero attached hydrogens (tertiary/aromatic N) is 3. The predicted octanol–water partition coefficient (Wildman–Crippen LogP) is 5.66. The average molecular weight is 455 g/mol. The molecule has 0 radical (unpaired) electrons. The summed E-state index contributed by atoms with van der Waals surface area (Å²) in [4.78, 5) is 7.84. The maximum atomic E-state index is 5.75. The van der Waals surface area contributed by atoms with E-state index in [0.29, 0.717) is 23.4 Å².